The molecule has 0 spiro atoms. The molecule has 1 aromatic rings. The van der Waals surface area contributed by atoms with Crippen molar-refractivity contribution in [3.8, 4) is 0 Å². The molecular weight excluding hydrogens is 234 g/mol. The van der Waals surface area contributed by atoms with E-state index in [1.165, 1.54) is 4.90 Å². The van der Waals surface area contributed by atoms with Gasteiger partial charge in [-0.3, -0.25) is 4.79 Å². The van der Waals surface area contributed by atoms with Crippen LogP contribution in [0.1, 0.15) is 12.8 Å². The van der Waals surface area contributed by atoms with Gasteiger partial charge < -0.3 is 10.4 Å². The lowest BCUT2D eigenvalue weighted by Crippen LogP contribution is -2.39. The van der Waals surface area contributed by atoms with E-state index in [-0.39, 0.29) is 6.04 Å². The second-order valence-corrected chi connectivity index (χ2v) is 5.44. The fourth-order valence-electron chi connectivity index (χ4n) is 1.79. The fourth-order valence-corrected chi connectivity index (χ4v) is 2.59. The molecule has 4 heteroatoms. The van der Waals surface area contributed by atoms with Crippen LogP contribution in [0.4, 0.5) is 0 Å². The van der Waals surface area contributed by atoms with E-state index in [4.69, 9.17) is 5.11 Å². The number of carbonyl (C=O) groups is 1. The summed E-state index contributed by atoms with van der Waals surface area (Å²) in [7, 11) is 0. The van der Waals surface area contributed by atoms with E-state index in [0.29, 0.717) is 5.92 Å². The molecule has 1 saturated carbocycles. The highest BCUT2D eigenvalue weighted by Gasteiger charge is 2.35. The summed E-state index contributed by atoms with van der Waals surface area (Å²) in [5.74, 6) is 0.548. The quantitative estimate of drug-likeness (QED) is 0.576. The van der Waals surface area contributed by atoms with Crippen LogP contribution in [-0.4, -0.2) is 29.4 Å². The maximum atomic E-state index is 11.0. The van der Waals surface area contributed by atoms with E-state index in [1.54, 1.807) is 11.8 Å². The van der Waals surface area contributed by atoms with Gasteiger partial charge in [-0.1, -0.05) is 18.2 Å². The third-order valence-corrected chi connectivity index (χ3v) is 3.85. The molecule has 0 radical (unpaired) electrons. The first kappa shape index (κ1) is 12.5. The Morgan fingerprint density at radius 1 is 1.41 bits per heavy atom. The lowest BCUT2D eigenvalue weighted by atomic mass is 10.2. The second kappa shape index (κ2) is 6.07. The van der Waals surface area contributed by atoms with Gasteiger partial charge in [0.25, 0.3) is 0 Å². The summed E-state index contributed by atoms with van der Waals surface area (Å²) < 4.78 is 0. The molecule has 0 saturated heterocycles. The lowest BCUT2D eigenvalue weighted by molar-refractivity contribution is -0.140. The largest absolute Gasteiger partial charge is 0.480 e. The highest BCUT2D eigenvalue weighted by Crippen LogP contribution is 2.32. The number of aliphatic carboxylic acids is 1. The molecule has 0 bridgehead atoms. The van der Waals surface area contributed by atoms with Gasteiger partial charge in [-0.05, 0) is 30.9 Å². The van der Waals surface area contributed by atoms with E-state index < -0.39 is 5.97 Å². The van der Waals surface area contributed by atoms with Crippen LogP contribution in [0.5, 0.6) is 0 Å². The predicted octanol–water partition coefficient (Wildman–Crippen LogP) is 2.23. The molecule has 0 amide bonds. The Kier molecular flexibility index (Phi) is 4.45. The maximum Gasteiger partial charge on any atom is 0.320 e. The zero-order valence-electron chi connectivity index (χ0n) is 9.63. The minimum atomic E-state index is -0.711. The first-order valence-electron chi connectivity index (χ1n) is 5.91. The van der Waals surface area contributed by atoms with Gasteiger partial charge in [0.15, 0.2) is 0 Å². The minimum absolute atomic E-state index is 0.341. The Balaban J connectivity index is 1.67. The molecule has 1 aliphatic carbocycles. The number of carboxylic acid groups (broad SMARTS) is 1. The zero-order valence-corrected chi connectivity index (χ0v) is 10.5. The van der Waals surface area contributed by atoms with E-state index in [2.05, 4.69) is 17.4 Å². The molecule has 2 rings (SSSR count). The van der Waals surface area contributed by atoms with Gasteiger partial charge in [-0.25, -0.2) is 0 Å². The summed E-state index contributed by atoms with van der Waals surface area (Å²) in [4.78, 5) is 12.2. The number of rotatable bonds is 7. The molecule has 1 fully saturated rings. The molecule has 1 unspecified atom stereocenters. The Morgan fingerprint density at radius 3 is 2.71 bits per heavy atom. The Bertz CT molecular complexity index is 365. The van der Waals surface area contributed by atoms with Crippen molar-refractivity contribution >= 4 is 17.7 Å². The molecule has 0 aromatic heterocycles. The summed E-state index contributed by atoms with van der Waals surface area (Å²) in [5.41, 5.74) is 0. The van der Waals surface area contributed by atoms with Crippen LogP contribution in [0.15, 0.2) is 35.2 Å². The van der Waals surface area contributed by atoms with E-state index in [0.717, 1.165) is 25.1 Å². The molecular formula is C13H17NO2S. The van der Waals surface area contributed by atoms with Crippen LogP contribution >= 0.6 is 11.8 Å². The Labute approximate surface area is 106 Å². The van der Waals surface area contributed by atoms with Crippen LogP contribution < -0.4 is 5.32 Å². The molecule has 3 nitrogen and oxygen atoms in total. The molecule has 2 N–H and O–H groups in total. The van der Waals surface area contributed by atoms with Crippen LogP contribution in [0.2, 0.25) is 0 Å². The average Bonchev–Trinajstić information content (AvgIpc) is 3.14. The number of hydrogen-bond acceptors (Lipinski definition) is 3. The first-order valence-corrected chi connectivity index (χ1v) is 6.90. The highest BCUT2D eigenvalue weighted by molar-refractivity contribution is 7.99. The average molecular weight is 251 g/mol. The van der Waals surface area contributed by atoms with Crippen molar-refractivity contribution in [3.63, 3.8) is 0 Å². The molecule has 0 heterocycles. The van der Waals surface area contributed by atoms with Crippen molar-refractivity contribution < 1.29 is 9.90 Å². The second-order valence-electron chi connectivity index (χ2n) is 4.27. The minimum Gasteiger partial charge on any atom is -0.480 e. The van der Waals surface area contributed by atoms with Crippen molar-refractivity contribution in [2.45, 2.75) is 23.8 Å². The van der Waals surface area contributed by atoms with Crippen LogP contribution in [0, 0.1) is 5.92 Å². The summed E-state index contributed by atoms with van der Waals surface area (Å²) in [6.07, 6.45) is 2.10. The van der Waals surface area contributed by atoms with Crippen LogP contribution in [-0.2, 0) is 4.79 Å². The first-order chi connectivity index (χ1) is 8.27. The fraction of sp³-hybridized carbons (Fsp3) is 0.462. The maximum absolute atomic E-state index is 11.0. The third-order valence-electron chi connectivity index (χ3n) is 2.84. The van der Waals surface area contributed by atoms with Gasteiger partial charge in [0.1, 0.15) is 6.04 Å². The van der Waals surface area contributed by atoms with Gasteiger partial charge in [0.2, 0.25) is 0 Å². The Morgan fingerprint density at radius 2 is 2.12 bits per heavy atom. The van der Waals surface area contributed by atoms with Crippen molar-refractivity contribution in [1.29, 1.82) is 0 Å². The van der Waals surface area contributed by atoms with Gasteiger partial charge in [-0.2, -0.15) is 0 Å². The summed E-state index contributed by atoms with van der Waals surface area (Å²) in [6.45, 7) is 0.743. The molecule has 1 aromatic carbocycles. The van der Waals surface area contributed by atoms with E-state index >= 15 is 0 Å². The van der Waals surface area contributed by atoms with E-state index in [9.17, 15) is 4.79 Å². The molecule has 92 valence electrons. The monoisotopic (exact) mass is 251 g/mol. The van der Waals surface area contributed by atoms with Gasteiger partial charge in [0.05, 0.1) is 0 Å². The number of hydrogen-bond donors (Lipinski definition) is 2. The topological polar surface area (TPSA) is 49.3 Å². The van der Waals surface area contributed by atoms with Crippen molar-refractivity contribution in [2.24, 2.45) is 5.92 Å². The van der Waals surface area contributed by atoms with Crippen molar-refractivity contribution in [1.82, 2.24) is 5.32 Å². The van der Waals surface area contributed by atoms with Crippen LogP contribution in [0.25, 0.3) is 0 Å². The van der Waals surface area contributed by atoms with Crippen molar-refractivity contribution in [3.05, 3.63) is 30.3 Å². The summed E-state index contributed by atoms with van der Waals surface area (Å²) in [6, 6.07) is 9.82. The van der Waals surface area contributed by atoms with Gasteiger partial charge in [0, 0.05) is 17.2 Å². The van der Waals surface area contributed by atoms with Crippen molar-refractivity contribution in [2.75, 3.05) is 12.3 Å². The Hall–Kier alpha value is -1.00. The highest BCUT2D eigenvalue weighted by atomic mass is 32.2. The van der Waals surface area contributed by atoms with E-state index in [1.807, 2.05) is 18.2 Å². The molecule has 1 atom stereocenters. The lowest BCUT2D eigenvalue weighted by Gasteiger charge is -2.12. The number of carboxylic acids is 1. The predicted molar refractivity (Wildman–Crippen MR) is 69.3 cm³/mol. The number of nitrogens with one attached hydrogen (secondary N) is 1. The van der Waals surface area contributed by atoms with Gasteiger partial charge in [-0.15, -0.1) is 11.8 Å². The standard InChI is InChI=1S/C13H17NO2S/c15-13(16)12(10-6-7-10)14-8-9-17-11-4-2-1-3-5-11/h1-5,10,12,14H,6-9H2,(H,15,16). The van der Waals surface area contributed by atoms with Crippen LogP contribution in [0.3, 0.4) is 0 Å². The summed E-state index contributed by atoms with van der Waals surface area (Å²) >= 11 is 1.75. The number of thioether (sulfide) groups is 1. The summed E-state index contributed by atoms with van der Waals surface area (Å²) in [5, 5.41) is 12.2. The smallest absolute Gasteiger partial charge is 0.320 e. The third kappa shape index (κ3) is 4.06. The van der Waals surface area contributed by atoms with Gasteiger partial charge >= 0.3 is 5.97 Å². The molecule has 0 aliphatic heterocycles. The normalized spacial score (nSPS) is 16.7. The zero-order chi connectivity index (χ0) is 12.1. The molecule has 1 aliphatic rings. The molecule has 17 heavy (non-hydrogen) atoms. The number of benzene rings is 1. The SMILES string of the molecule is O=C(O)C(NCCSc1ccccc1)C1CC1.